The molecule has 0 fully saturated rings. The molecule has 1 heterocycles. The molecule has 172 valence electrons. The second-order valence-electron chi connectivity index (χ2n) is 7.96. The van der Waals surface area contributed by atoms with E-state index in [4.69, 9.17) is 23.2 Å². The minimum atomic E-state index is -0.832. The van der Waals surface area contributed by atoms with Gasteiger partial charge in [-0.2, -0.15) is 0 Å². The maximum absolute atomic E-state index is 13.3. The van der Waals surface area contributed by atoms with Gasteiger partial charge in [0.15, 0.2) is 5.78 Å². The summed E-state index contributed by atoms with van der Waals surface area (Å²) < 4.78 is 0. The van der Waals surface area contributed by atoms with E-state index >= 15 is 0 Å². The molecule has 4 aromatic carbocycles. The molecule has 5 nitrogen and oxygen atoms in total. The third-order valence-electron chi connectivity index (χ3n) is 5.67. The van der Waals surface area contributed by atoms with Gasteiger partial charge >= 0.3 is 0 Å². The Kier molecular flexibility index (Phi) is 6.36. The molecule has 1 amide bonds. The smallest absolute Gasteiger partial charge is 0.252 e. The Morgan fingerprint density at radius 3 is 2.11 bits per heavy atom. The molecule has 5 aromatic rings. The van der Waals surface area contributed by atoms with Crippen LogP contribution in [0.4, 0.5) is 0 Å². The second-order valence-corrected chi connectivity index (χ2v) is 8.78. The molecular weight excluding hydrogens is 481 g/mol. The number of hydrogen-bond acceptors (Lipinski definition) is 3. The zero-order valence-corrected chi connectivity index (χ0v) is 19.8. The number of hydrogen-bond donors (Lipinski definition) is 2. The lowest BCUT2D eigenvalue weighted by atomic mass is 9.97. The third kappa shape index (κ3) is 4.69. The fraction of sp³-hybridized carbons (Fsp3) is 0.0357. The minimum absolute atomic E-state index is 0.191. The van der Waals surface area contributed by atoms with Crippen molar-refractivity contribution in [1.29, 1.82) is 0 Å². The van der Waals surface area contributed by atoms with Gasteiger partial charge in [-0.25, -0.2) is 4.98 Å². The number of nitrogens with zero attached hydrogens (tertiary/aromatic N) is 1. The zero-order chi connectivity index (χ0) is 24.4. The van der Waals surface area contributed by atoms with Gasteiger partial charge in [0.05, 0.1) is 26.6 Å². The summed E-state index contributed by atoms with van der Waals surface area (Å²) in [4.78, 5) is 34.3. The number of ketones is 1. The van der Waals surface area contributed by atoms with Crippen molar-refractivity contribution in [3.05, 3.63) is 124 Å². The summed E-state index contributed by atoms with van der Waals surface area (Å²) in [6.07, 6.45) is 0. The average Bonchev–Trinajstić information content (AvgIpc) is 3.30. The molecule has 0 radical (unpaired) electrons. The van der Waals surface area contributed by atoms with Gasteiger partial charge in [-0.05, 0) is 35.9 Å². The summed E-state index contributed by atoms with van der Waals surface area (Å²) in [6, 6.07) is 27.6. The minimum Gasteiger partial charge on any atom is -0.338 e. The van der Waals surface area contributed by atoms with E-state index in [-0.39, 0.29) is 11.7 Å². The standard InChI is InChI=1S/C28H19Cl2N3O2/c29-20-12-7-13-21(30)24(20)27-31-22-15-14-19(16-23(22)32-27)28(35)33-25(17-8-3-1-4-9-17)26(34)18-10-5-2-6-11-18/h1-16,25H,(H,31,32)(H,33,35)/t25-/m1/s1. The van der Waals surface area contributed by atoms with Crippen LogP contribution in [0.3, 0.4) is 0 Å². The van der Waals surface area contributed by atoms with Gasteiger partial charge in [0.2, 0.25) is 0 Å². The van der Waals surface area contributed by atoms with E-state index in [1.54, 1.807) is 60.7 Å². The highest BCUT2D eigenvalue weighted by atomic mass is 35.5. The molecule has 0 saturated heterocycles. The zero-order valence-electron chi connectivity index (χ0n) is 18.3. The lowest BCUT2D eigenvalue weighted by Crippen LogP contribution is -2.34. The number of aromatic nitrogens is 2. The monoisotopic (exact) mass is 499 g/mol. The van der Waals surface area contributed by atoms with Crippen LogP contribution in [-0.4, -0.2) is 21.7 Å². The number of nitrogens with one attached hydrogen (secondary N) is 2. The number of amides is 1. The van der Waals surface area contributed by atoms with Crippen molar-refractivity contribution in [2.45, 2.75) is 6.04 Å². The van der Waals surface area contributed by atoms with Gasteiger partial charge in [0.1, 0.15) is 11.9 Å². The van der Waals surface area contributed by atoms with Crippen LogP contribution in [0.25, 0.3) is 22.4 Å². The summed E-state index contributed by atoms with van der Waals surface area (Å²) in [5, 5.41) is 3.85. The Morgan fingerprint density at radius 1 is 0.771 bits per heavy atom. The van der Waals surface area contributed by atoms with Crippen molar-refractivity contribution in [2.24, 2.45) is 0 Å². The highest BCUT2D eigenvalue weighted by molar-refractivity contribution is 6.39. The topological polar surface area (TPSA) is 74.8 Å². The predicted octanol–water partition coefficient (Wildman–Crippen LogP) is 6.89. The Bertz CT molecular complexity index is 1510. The first-order chi connectivity index (χ1) is 17.0. The Balaban J connectivity index is 1.47. The summed E-state index contributed by atoms with van der Waals surface area (Å²) in [7, 11) is 0. The van der Waals surface area contributed by atoms with Crippen LogP contribution in [0.1, 0.15) is 32.3 Å². The Morgan fingerprint density at radius 2 is 1.43 bits per heavy atom. The molecular formula is C28H19Cl2N3O2. The number of benzene rings is 4. The van der Waals surface area contributed by atoms with Crippen molar-refractivity contribution in [3.63, 3.8) is 0 Å². The van der Waals surface area contributed by atoms with E-state index in [9.17, 15) is 9.59 Å². The van der Waals surface area contributed by atoms with Crippen LogP contribution in [0.15, 0.2) is 97.1 Å². The maximum Gasteiger partial charge on any atom is 0.252 e. The molecule has 0 spiro atoms. The molecule has 7 heteroatoms. The first-order valence-corrected chi connectivity index (χ1v) is 11.7. The van der Waals surface area contributed by atoms with Gasteiger partial charge < -0.3 is 10.3 Å². The third-order valence-corrected chi connectivity index (χ3v) is 6.30. The van der Waals surface area contributed by atoms with E-state index in [1.165, 1.54) is 0 Å². The Hall–Kier alpha value is -3.93. The van der Waals surface area contributed by atoms with Crippen LogP contribution < -0.4 is 5.32 Å². The van der Waals surface area contributed by atoms with Gasteiger partial charge in [-0.3, -0.25) is 9.59 Å². The molecule has 0 bridgehead atoms. The number of Topliss-reactive ketones (excluding diaryl/α,β-unsaturated/α-hetero) is 1. The van der Waals surface area contributed by atoms with E-state index in [0.717, 1.165) is 0 Å². The highest BCUT2D eigenvalue weighted by Gasteiger charge is 2.24. The summed E-state index contributed by atoms with van der Waals surface area (Å²) in [6.45, 7) is 0. The van der Waals surface area contributed by atoms with Crippen LogP contribution in [0, 0.1) is 0 Å². The number of aromatic amines is 1. The maximum atomic E-state index is 13.3. The molecule has 0 aliphatic heterocycles. The molecule has 1 aromatic heterocycles. The molecule has 0 saturated carbocycles. The second kappa shape index (κ2) is 9.74. The number of fused-ring (bicyclic) bond motifs is 1. The largest absolute Gasteiger partial charge is 0.338 e. The first-order valence-electron chi connectivity index (χ1n) is 10.9. The van der Waals surface area contributed by atoms with Crippen LogP contribution >= 0.6 is 23.2 Å². The lowest BCUT2D eigenvalue weighted by Gasteiger charge is -2.18. The SMILES string of the molecule is O=C(N[C@@H](C(=O)c1ccccc1)c1ccccc1)c1ccc2nc(-c3c(Cl)cccc3Cl)[nH]c2c1. The number of H-pyrrole nitrogens is 1. The number of imidazole rings is 1. The molecule has 2 N–H and O–H groups in total. The van der Waals surface area contributed by atoms with Gasteiger partial charge in [-0.15, -0.1) is 0 Å². The van der Waals surface area contributed by atoms with E-state index < -0.39 is 6.04 Å². The summed E-state index contributed by atoms with van der Waals surface area (Å²) in [5.41, 5.74) is 3.51. The van der Waals surface area contributed by atoms with Crippen LogP contribution in [0.5, 0.6) is 0 Å². The van der Waals surface area contributed by atoms with Crippen molar-refractivity contribution < 1.29 is 9.59 Å². The van der Waals surface area contributed by atoms with E-state index in [1.807, 2.05) is 36.4 Å². The van der Waals surface area contributed by atoms with E-state index in [0.29, 0.717) is 49.2 Å². The molecule has 5 rings (SSSR count). The van der Waals surface area contributed by atoms with Crippen molar-refractivity contribution in [2.75, 3.05) is 0 Å². The molecule has 0 aliphatic carbocycles. The molecule has 0 unspecified atom stereocenters. The highest BCUT2D eigenvalue weighted by Crippen LogP contribution is 2.34. The quantitative estimate of drug-likeness (QED) is 0.249. The molecule has 0 aliphatic rings. The summed E-state index contributed by atoms with van der Waals surface area (Å²) in [5.74, 6) is -0.0602. The number of carbonyl (C=O) groups excluding carboxylic acids is 2. The van der Waals surface area contributed by atoms with Crippen LogP contribution in [-0.2, 0) is 0 Å². The summed E-state index contributed by atoms with van der Waals surface area (Å²) >= 11 is 12.7. The van der Waals surface area contributed by atoms with Gasteiger partial charge in [-0.1, -0.05) is 89.9 Å². The average molecular weight is 500 g/mol. The normalized spacial score (nSPS) is 11.8. The van der Waals surface area contributed by atoms with Crippen LogP contribution in [0.2, 0.25) is 10.0 Å². The van der Waals surface area contributed by atoms with Gasteiger partial charge in [0.25, 0.3) is 5.91 Å². The fourth-order valence-electron chi connectivity index (χ4n) is 3.92. The predicted molar refractivity (Wildman–Crippen MR) is 139 cm³/mol. The fourth-order valence-corrected chi connectivity index (χ4v) is 4.50. The van der Waals surface area contributed by atoms with Crippen molar-refractivity contribution >= 4 is 45.9 Å². The number of halogens is 2. The Labute approximate surface area is 211 Å². The van der Waals surface area contributed by atoms with Crippen molar-refractivity contribution in [1.82, 2.24) is 15.3 Å². The number of rotatable bonds is 6. The van der Waals surface area contributed by atoms with Crippen molar-refractivity contribution in [3.8, 4) is 11.4 Å². The molecule has 35 heavy (non-hydrogen) atoms. The van der Waals surface area contributed by atoms with E-state index in [2.05, 4.69) is 15.3 Å². The first kappa shape index (κ1) is 22.8. The molecule has 1 atom stereocenters. The van der Waals surface area contributed by atoms with Gasteiger partial charge in [0, 0.05) is 11.1 Å². The lowest BCUT2D eigenvalue weighted by molar-refractivity contribution is 0.0857. The number of carbonyl (C=O) groups is 2.